The summed E-state index contributed by atoms with van der Waals surface area (Å²) in [6.07, 6.45) is 6.42. The standard InChI is InChI=1S/C14H24N8O/c1-11(2)18-14-20-12(19-13(21-14)17-6-9-23)16-4-3-7-22-8-5-15-10-22/h5,8,10-11,23H,3-4,6-7,9H2,1-2H3,(H3,16,17,18,19,20,21). The van der Waals surface area contributed by atoms with Gasteiger partial charge in [0.15, 0.2) is 0 Å². The molecule has 2 heterocycles. The molecule has 126 valence electrons. The number of aryl methyl sites for hydroxylation is 1. The monoisotopic (exact) mass is 320 g/mol. The molecule has 9 nitrogen and oxygen atoms in total. The number of hydrogen-bond donors (Lipinski definition) is 4. The summed E-state index contributed by atoms with van der Waals surface area (Å²) in [5.41, 5.74) is 0. The minimum atomic E-state index is 0.0201. The lowest BCUT2D eigenvalue weighted by atomic mass is 10.4. The molecule has 0 radical (unpaired) electrons. The Morgan fingerprint density at radius 2 is 1.78 bits per heavy atom. The summed E-state index contributed by atoms with van der Waals surface area (Å²) in [5, 5.41) is 18.2. The van der Waals surface area contributed by atoms with Crippen LogP contribution in [0.1, 0.15) is 20.3 Å². The Bertz CT molecular complexity index is 572. The van der Waals surface area contributed by atoms with Crippen molar-refractivity contribution in [2.45, 2.75) is 32.9 Å². The topological polar surface area (TPSA) is 113 Å². The number of imidazole rings is 1. The van der Waals surface area contributed by atoms with Crippen LogP contribution in [0.25, 0.3) is 0 Å². The first-order valence-electron chi connectivity index (χ1n) is 7.74. The molecule has 2 rings (SSSR count). The number of nitrogens with one attached hydrogen (secondary N) is 3. The summed E-state index contributed by atoms with van der Waals surface area (Å²) in [6, 6.07) is 0.220. The summed E-state index contributed by atoms with van der Waals surface area (Å²) in [5.74, 6) is 1.45. The van der Waals surface area contributed by atoms with E-state index >= 15 is 0 Å². The van der Waals surface area contributed by atoms with Gasteiger partial charge in [0.2, 0.25) is 17.8 Å². The van der Waals surface area contributed by atoms with Gasteiger partial charge in [-0.3, -0.25) is 0 Å². The van der Waals surface area contributed by atoms with E-state index in [1.807, 2.05) is 24.6 Å². The maximum absolute atomic E-state index is 8.90. The van der Waals surface area contributed by atoms with Gasteiger partial charge in [-0.25, -0.2) is 4.98 Å². The van der Waals surface area contributed by atoms with Gasteiger partial charge in [0.25, 0.3) is 0 Å². The van der Waals surface area contributed by atoms with Gasteiger partial charge in [0, 0.05) is 38.1 Å². The number of nitrogens with zero attached hydrogens (tertiary/aromatic N) is 5. The van der Waals surface area contributed by atoms with E-state index < -0.39 is 0 Å². The Labute approximate surface area is 135 Å². The number of aliphatic hydroxyl groups is 1. The molecule has 2 aromatic heterocycles. The van der Waals surface area contributed by atoms with Gasteiger partial charge in [-0.15, -0.1) is 0 Å². The predicted molar refractivity (Wildman–Crippen MR) is 89.5 cm³/mol. The molecule has 23 heavy (non-hydrogen) atoms. The maximum atomic E-state index is 8.90. The van der Waals surface area contributed by atoms with Gasteiger partial charge in [0.1, 0.15) is 0 Å². The highest BCUT2D eigenvalue weighted by molar-refractivity contribution is 5.42. The quantitative estimate of drug-likeness (QED) is 0.475. The van der Waals surface area contributed by atoms with Crippen LogP contribution in [0.5, 0.6) is 0 Å². The van der Waals surface area contributed by atoms with E-state index in [2.05, 4.69) is 35.9 Å². The lowest BCUT2D eigenvalue weighted by Crippen LogP contribution is -2.17. The molecule has 4 N–H and O–H groups in total. The first-order valence-corrected chi connectivity index (χ1v) is 7.74. The molecule has 0 bridgehead atoms. The van der Waals surface area contributed by atoms with E-state index in [1.165, 1.54) is 0 Å². The van der Waals surface area contributed by atoms with Crippen LogP contribution in [-0.4, -0.2) is 55.3 Å². The first-order chi connectivity index (χ1) is 11.2. The van der Waals surface area contributed by atoms with Crippen LogP contribution in [-0.2, 0) is 6.54 Å². The van der Waals surface area contributed by atoms with Gasteiger partial charge in [0.05, 0.1) is 12.9 Å². The highest BCUT2D eigenvalue weighted by atomic mass is 16.3. The Hall–Kier alpha value is -2.42. The van der Waals surface area contributed by atoms with Crippen LogP contribution in [0.2, 0.25) is 0 Å². The highest BCUT2D eigenvalue weighted by Gasteiger charge is 2.07. The van der Waals surface area contributed by atoms with E-state index in [-0.39, 0.29) is 12.6 Å². The third kappa shape index (κ3) is 6.07. The van der Waals surface area contributed by atoms with E-state index in [0.29, 0.717) is 24.4 Å². The molecule has 0 aromatic carbocycles. The van der Waals surface area contributed by atoms with Crippen molar-refractivity contribution >= 4 is 17.8 Å². The lowest BCUT2D eigenvalue weighted by molar-refractivity contribution is 0.311. The lowest BCUT2D eigenvalue weighted by Gasteiger charge is -2.12. The fraction of sp³-hybridized carbons (Fsp3) is 0.571. The van der Waals surface area contributed by atoms with Crippen LogP contribution in [0.3, 0.4) is 0 Å². The van der Waals surface area contributed by atoms with Crippen LogP contribution in [0.15, 0.2) is 18.7 Å². The van der Waals surface area contributed by atoms with Crippen molar-refractivity contribution in [2.24, 2.45) is 0 Å². The Morgan fingerprint density at radius 1 is 1.09 bits per heavy atom. The third-order valence-corrected chi connectivity index (χ3v) is 2.88. The van der Waals surface area contributed by atoms with Crippen molar-refractivity contribution in [3.63, 3.8) is 0 Å². The SMILES string of the molecule is CC(C)Nc1nc(NCCO)nc(NCCCn2ccnc2)n1. The average molecular weight is 320 g/mol. The van der Waals surface area contributed by atoms with Crippen molar-refractivity contribution in [3.05, 3.63) is 18.7 Å². The molecule has 2 aromatic rings. The minimum Gasteiger partial charge on any atom is -0.395 e. The van der Waals surface area contributed by atoms with Gasteiger partial charge in [-0.2, -0.15) is 15.0 Å². The van der Waals surface area contributed by atoms with Crippen molar-refractivity contribution in [1.82, 2.24) is 24.5 Å². The zero-order valence-corrected chi connectivity index (χ0v) is 13.5. The number of hydrogen-bond acceptors (Lipinski definition) is 8. The molecule has 0 saturated carbocycles. The van der Waals surface area contributed by atoms with E-state index in [0.717, 1.165) is 19.5 Å². The molecule has 9 heteroatoms. The van der Waals surface area contributed by atoms with Gasteiger partial charge >= 0.3 is 0 Å². The smallest absolute Gasteiger partial charge is 0.229 e. The summed E-state index contributed by atoms with van der Waals surface area (Å²) >= 11 is 0. The average Bonchev–Trinajstić information content (AvgIpc) is 3.02. The molecule has 0 atom stereocenters. The third-order valence-electron chi connectivity index (χ3n) is 2.88. The molecule has 0 aliphatic carbocycles. The van der Waals surface area contributed by atoms with Crippen molar-refractivity contribution in [3.8, 4) is 0 Å². The summed E-state index contributed by atoms with van der Waals surface area (Å²) in [6.45, 7) is 6.07. The maximum Gasteiger partial charge on any atom is 0.229 e. The van der Waals surface area contributed by atoms with E-state index in [4.69, 9.17) is 5.11 Å². The van der Waals surface area contributed by atoms with Crippen LogP contribution >= 0.6 is 0 Å². The Morgan fingerprint density at radius 3 is 2.39 bits per heavy atom. The van der Waals surface area contributed by atoms with Gasteiger partial charge in [-0.1, -0.05) is 0 Å². The van der Waals surface area contributed by atoms with E-state index in [9.17, 15) is 0 Å². The second-order valence-corrected chi connectivity index (χ2v) is 5.34. The minimum absolute atomic E-state index is 0.0201. The fourth-order valence-corrected chi connectivity index (χ4v) is 1.91. The molecule has 0 aliphatic heterocycles. The number of aromatic nitrogens is 5. The molecular formula is C14H24N8O. The Kier molecular flexibility index (Phi) is 6.55. The summed E-state index contributed by atoms with van der Waals surface area (Å²) in [7, 11) is 0. The van der Waals surface area contributed by atoms with Gasteiger partial charge < -0.3 is 25.6 Å². The number of aliphatic hydroxyl groups excluding tert-OH is 1. The zero-order valence-electron chi connectivity index (χ0n) is 13.5. The Balaban J connectivity index is 1.92. The second kappa shape index (κ2) is 8.89. The molecule has 0 aliphatic rings. The second-order valence-electron chi connectivity index (χ2n) is 5.34. The molecule has 0 unspecified atom stereocenters. The van der Waals surface area contributed by atoms with Crippen molar-refractivity contribution in [1.29, 1.82) is 0 Å². The normalized spacial score (nSPS) is 10.8. The molecule has 0 spiro atoms. The molecule has 0 fully saturated rings. The summed E-state index contributed by atoms with van der Waals surface area (Å²) < 4.78 is 2.02. The van der Waals surface area contributed by atoms with Crippen LogP contribution in [0, 0.1) is 0 Å². The molecule has 0 amide bonds. The van der Waals surface area contributed by atoms with Crippen molar-refractivity contribution in [2.75, 3.05) is 35.6 Å². The largest absolute Gasteiger partial charge is 0.395 e. The zero-order chi connectivity index (χ0) is 16.5. The fourth-order valence-electron chi connectivity index (χ4n) is 1.91. The van der Waals surface area contributed by atoms with Crippen LogP contribution < -0.4 is 16.0 Å². The van der Waals surface area contributed by atoms with E-state index in [1.54, 1.807) is 12.5 Å². The number of anilines is 3. The highest BCUT2D eigenvalue weighted by Crippen LogP contribution is 2.10. The summed E-state index contributed by atoms with van der Waals surface area (Å²) in [4.78, 5) is 16.9. The van der Waals surface area contributed by atoms with Crippen molar-refractivity contribution < 1.29 is 5.11 Å². The predicted octanol–water partition coefficient (Wildman–Crippen LogP) is 0.795. The molecular weight excluding hydrogens is 296 g/mol. The number of rotatable bonds is 10. The van der Waals surface area contributed by atoms with Gasteiger partial charge in [-0.05, 0) is 20.3 Å². The first kappa shape index (κ1) is 16.9. The van der Waals surface area contributed by atoms with Crippen LogP contribution in [0.4, 0.5) is 17.8 Å². The molecule has 0 saturated heterocycles.